The highest BCUT2D eigenvalue weighted by Gasteiger charge is 2.18. The molecule has 0 fully saturated rings. The third-order valence-corrected chi connectivity index (χ3v) is 2.53. The first kappa shape index (κ1) is 13.8. The maximum atomic E-state index is 13.4. The lowest BCUT2D eigenvalue weighted by Crippen LogP contribution is -2.10. The summed E-state index contributed by atoms with van der Waals surface area (Å²) in [5, 5.41) is 8.89. The number of hydrogen-bond donors (Lipinski definition) is 1. The van der Waals surface area contributed by atoms with Crippen molar-refractivity contribution in [2.24, 2.45) is 0 Å². The van der Waals surface area contributed by atoms with Crippen molar-refractivity contribution in [1.82, 2.24) is 0 Å². The Labute approximate surface area is 103 Å². The predicted octanol–water partition coefficient (Wildman–Crippen LogP) is 2.95. The lowest BCUT2D eigenvalue weighted by Gasteiger charge is -2.11. The van der Waals surface area contributed by atoms with Crippen LogP contribution in [-0.4, -0.2) is 17.7 Å². The molecule has 0 aromatic heterocycles. The normalized spacial score (nSPS) is 10.6. The number of halogens is 4. The fourth-order valence-corrected chi connectivity index (χ4v) is 1.63. The number of carboxylic acids is 1. The van der Waals surface area contributed by atoms with E-state index in [9.17, 15) is 18.0 Å². The number of aliphatic carboxylic acids is 1. The standard InChI is InChI=1S/C10H8BrF3O3/c11-4-5-1-6(3-8(15)16)9(7(12)2-5)17-10(13)14/h1-2,10H,3-4H2,(H,15,16). The molecule has 0 aliphatic carbocycles. The van der Waals surface area contributed by atoms with Gasteiger partial charge in [-0.15, -0.1) is 0 Å². The van der Waals surface area contributed by atoms with E-state index in [2.05, 4.69) is 20.7 Å². The molecular formula is C10H8BrF3O3. The van der Waals surface area contributed by atoms with Crippen LogP contribution < -0.4 is 4.74 Å². The van der Waals surface area contributed by atoms with Gasteiger partial charge in [0, 0.05) is 10.9 Å². The minimum Gasteiger partial charge on any atom is -0.481 e. The van der Waals surface area contributed by atoms with Gasteiger partial charge in [0.15, 0.2) is 11.6 Å². The number of hydrogen-bond acceptors (Lipinski definition) is 2. The van der Waals surface area contributed by atoms with Crippen LogP contribution in [0.15, 0.2) is 12.1 Å². The number of benzene rings is 1. The molecule has 0 aliphatic rings. The summed E-state index contributed by atoms with van der Waals surface area (Å²) >= 11 is 3.06. The maximum absolute atomic E-state index is 13.4. The van der Waals surface area contributed by atoms with Gasteiger partial charge in [-0.05, 0) is 11.6 Å². The molecule has 3 nitrogen and oxygen atoms in total. The van der Waals surface area contributed by atoms with Gasteiger partial charge in [-0.2, -0.15) is 8.78 Å². The Morgan fingerprint density at radius 1 is 1.47 bits per heavy atom. The second-order valence-electron chi connectivity index (χ2n) is 3.15. The van der Waals surface area contributed by atoms with Crippen LogP contribution in [0.3, 0.4) is 0 Å². The van der Waals surface area contributed by atoms with E-state index in [1.807, 2.05) is 0 Å². The topological polar surface area (TPSA) is 46.5 Å². The Morgan fingerprint density at radius 3 is 2.59 bits per heavy atom. The second kappa shape index (κ2) is 5.90. The lowest BCUT2D eigenvalue weighted by molar-refractivity contribution is -0.136. The van der Waals surface area contributed by atoms with Gasteiger partial charge in [0.1, 0.15) is 0 Å². The Morgan fingerprint density at radius 2 is 2.12 bits per heavy atom. The van der Waals surface area contributed by atoms with Gasteiger partial charge in [0.2, 0.25) is 0 Å². The first-order chi connectivity index (χ1) is 7.93. The minimum absolute atomic E-state index is 0.118. The van der Waals surface area contributed by atoms with E-state index in [-0.39, 0.29) is 10.9 Å². The molecule has 0 saturated carbocycles. The highest BCUT2D eigenvalue weighted by Crippen LogP contribution is 2.27. The summed E-state index contributed by atoms with van der Waals surface area (Å²) < 4.78 is 41.5. The van der Waals surface area contributed by atoms with Gasteiger partial charge in [-0.3, -0.25) is 4.79 Å². The van der Waals surface area contributed by atoms with Crippen molar-refractivity contribution in [1.29, 1.82) is 0 Å². The average Bonchev–Trinajstić information content (AvgIpc) is 2.21. The van der Waals surface area contributed by atoms with E-state index < -0.39 is 30.6 Å². The minimum atomic E-state index is -3.20. The van der Waals surface area contributed by atoms with Crippen molar-refractivity contribution >= 4 is 21.9 Å². The first-order valence-corrected chi connectivity index (χ1v) is 5.60. The third-order valence-electron chi connectivity index (χ3n) is 1.88. The molecule has 17 heavy (non-hydrogen) atoms. The molecule has 94 valence electrons. The number of ether oxygens (including phenoxy) is 1. The van der Waals surface area contributed by atoms with Crippen LogP contribution in [0, 0.1) is 5.82 Å². The van der Waals surface area contributed by atoms with Crippen molar-refractivity contribution in [2.75, 3.05) is 0 Å². The molecular weight excluding hydrogens is 305 g/mol. The summed E-state index contributed by atoms with van der Waals surface area (Å²) in [5.74, 6) is -2.97. The molecule has 0 amide bonds. The molecule has 0 atom stereocenters. The molecule has 1 aromatic carbocycles. The highest BCUT2D eigenvalue weighted by molar-refractivity contribution is 9.08. The monoisotopic (exact) mass is 312 g/mol. The second-order valence-corrected chi connectivity index (χ2v) is 3.71. The molecule has 0 radical (unpaired) electrons. The molecule has 0 unspecified atom stereocenters. The Hall–Kier alpha value is -1.24. The highest BCUT2D eigenvalue weighted by atomic mass is 79.9. The summed E-state index contributed by atoms with van der Waals surface area (Å²) in [7, 11) is 0. The van der Waals surface area contributed by atoms with Crippen LogP contribution >= 0.6 is 15.9 Å². The molecule has 1 aromatic rings. The molecule has 1 N–H and O–H groups in total. The van der Waals surface area contributed by atoms with Gasteiger partial charge in [-0.1, -0.05) is 22.0 Å². The quantitative estimate of drug-likeness (QED) is 0.850. The van der Waals surface area contributed by atoms with Gasteiger partial charge >= 0.3 is 12.6 Å². The molecule has 0 bridgehead atoms. The van der Waals surface area contributed by atoms with Crippen LogP contribution in [0.2, 0.25) is 0 Å². The molecule has 0 heterocycles. The SMILES string of the molecule is O=C(O)Cc1cc(CBr)cc(F)c1OC(F)F. The van der Waals surface area contributed by atoms with E-state index in [0.717, 1.165) is 6.07 Å². The number of carbonyl (C=O) groups is 1. The summed E-state index contributed by atoms with van der Waals surface area (Å²) in [5.41, 5.74) is 0.326. The van der Waals surface area contributed by atoms with Crippen LogP contribution in [-0.2, 0) is 16.5 Å². The zero-order valence-corrected chi connectivity index (χ0v) is 10.0. The fraction of sp³-hybridized carbons (Fsp3) is 0.300. The number of carboxylic acid groups (broad SMARTS) is 1. The Balaban J connectivity index is 3.18. The predicted molar refractivity (Wildman–Crippen MR) is 57.0 cm³/mol. The molecule has 1 rings (SSSR count). The Bertz CT molecular complexity index is 424. The van der Waals surface area contributed by atoms with Gasteiger partial charge in [0.05, 0.1) is 6.42 Å². The van der Waals surface area contributed by atoms with E-state index in [0.29, 0.717) is 5.56 Å². The summed E-state index contributed by atoms with van der Waals surface area (Å²) in [6.45, 7) is -3.20. The molecule has 0 aliphatic heterocycles. The van der Waals surface area contributed by atoms with Crippen molar-refractivity contribution in [3.63, 3.8) is 0 Å². The van der Waals surface area contributed by atoms with Crippen LogP contribution in [0.1, 0.15) is 11.1 Å². The summed E-state index contributed by atoms with van der Waals surface area (Å²) in [6, 6.07) is 2.32. The van der Waals surface area contributed by atoms with Crippen molar-refractivity contribution in [2.45, 2.75) is 18.4 Å². The van der Waals surface area contributed by atoms with Crippen LogP contribution in [0.25, 0.3) is 0 Å². The summed E-state index contributed by atoms with van der Waals surface area (Å²) in [6.07, 6.45) is -0.584. The van der Waals surface area contributed by atoms with Gasteiger partial charge in [-0.25, -0.2) is 4.39 Å². The van der Waals surface area contributed by atoms with E-state index >= 15 is 0 Å². The maximum Gasteiger partial charge on any atom is 0.387 e. The zero-order valence-electron chi connectivity index (χ0n) is 8.42. The number of rotatable bonds is 5. The van der Waals surface area contributed by atoms with E-state index in [1.165, 1.54) is 6.07 Å². The van der Waals surface area contributed by atoms with Gasteiger partial charge < -0.3 is 9.84 Å². The summed E-state index contributed by atoms with van der Waals surface area (Å²) in [4.78, 5) is 10.5. The van der Waals surface area contributed by atoms with E-state index in [4.69, 9.17) is 5.11 Å². The Kier molecular flexibility index (Phi) is 4.80. The van der Waals surface area contributed by atoms with Crippen LogP contribution in [0.4, 0.5) is 13.2 Å². The van der Waals surface area contributed by atoms with Crippen molar-refractivity contribution in [3.8, 4) is 5.75 Å². The lowest BCUT2D eigenvalue weighted by atomic mass is 10.1. The molecule has 7 heteroatoms. The van der Waals surface area contributed by atoms with Crippen molar-refractivity contribution < 1.29 is 27.8 Å². The van der Waals surface area contributed by atoms with Crippen LogP contribution in [0.5, 0.6) is 5.75 Å². The van der Waals surface area contributed by atoms with Gasteiger partial charge in [0.25, 0.3) is 0 Å². The largest absolute Gasteiger partial charge is 0.481 e. The molecule has 0 spiro atoms. The van der Waals surface area contributed by atoms with Crippen molar-refractivity contribution in [3.05, 3.63) is 29.1 Å². The zero-order chi connectivity index (χ0) is 13.0. The third kappa shape index (κ3) is 3.92. The smallest absolute Gasteiger partial charge is 0.387 e. The molecule has 0 saturated heterocycles. The van der Waals surface area contributed by atoms with E-state index in [1.54, 1.807) is 0 Å². The number of alkyl halides is 3. The first-order valence-electron chi connectivity index (χ1n) is 4.48. The average molecular weight is 313 g/mol. The fourth-order valence-electron chi connectivity index (χ4n) is 1.31.